The lowest BCUT2D eigenvalue weighted by Crippen LogP contribution is -2.42. The number of hydrogen-bond acceptors (Lipinski definition) is 6. The molecule has 1 aromatic carbocycles. The number of aliphatic hydroxyl groups excluding tert-OH is 1. The Kier molecular flexibility index (Phi) is 6.93. The summed E-state index contributed by atoms with van der Waals surface area (Å²) in [5, 5.41) is 16.3. The van der Waals surface area contributed by atoms with Crippen molar-refractivity contribution in [1.29, 1.82) is 0 Å². The Morgan fingerprint density at radius 3 is 2.81 bits per heavy atom. The number of hydrogen-bond donors (Lipinski definition) is 3. The fraction of sp³-hybridized carbons (Fsp3) is 0.650. The van der Waals surface area contributed by atoms with Crippen LogP contribution in [0.2, 0.25) is 0 Å². The first-order valence-corrected chi connectivity index (χ1v) is 9.76. The number of benzene rings is 1. The predicted octanol–water partition coefficient (Wildman–Crippen LogP) is 1.15. The second-order valence-corrected chi connectivity index (χ2v) is 7.50. The van der Waals surface area contributed by atoms with E-state index >= 15 is 0 Å². The van der Waals surface area contributed by atoms with E-state index in [9.17, 15) is 9.90 Å². The molecule has 1 aromatic rings. The van der Waals surface area contributed by atoms with E-state index in [2.05, 4.69) is 22.6 Å². The molecule has 0 radical (unpaired) electrons. The van der Waals surface area contributed by atoms with Crippen LogP contribution in [0.3, 0.4) is 0 Å². The molecule has 3 rings (SSSR count). The Bertz CT molecular complexity index is 610. The van der Waals surface area contributed by atoms with E-state index in [1.54, 1.807) is 7.11 Å². The lowest BCUT2D eigenvalue weighted by molar-refractivity contribution is 0.0188. The quantitative estimate of drug-likeness (QED) is 0.661. The summed E-state index contributed by atoms with van der Waals surface area (Å²) in [6, 6.07) is 8.21. The summed E-state index contributed by atoms with van der Waals surface area (Å²) in [6.45, 7) is 2.14. The van der Waals surface area contributed by atoms with Gasteiger partial charge in [-0.1, -0.05) is 12.1 Å². The highest BCUT2D eigenvalue weighted by Gasteiger charge is 2.37. The molecular formula is C20H31N3O4. The zero-order valence-electron chi connectivity index (χ0n) is 16.2. The van der Waals surface area contributed by atoms with Gasteiger partial charge >= 0.3 is 6.09 Å². The van der Waals surface area contributed by atoms with Crippen molar-refractivity contribution >= 4 is 6.09 Å². The van der Waals surface area contributed by atoms with Gasteiger partial charge in [0.2, 0.25) is 0 Å². The number of methoxy groups -OCH3 is 1. The van der Waals surface area contributed by atoms with Crippen LogP contribution >= 0.6 is 0 Å². The van der Waals surface area contributed by atoms with E-state index in [4.69, 9.17) is 9.47 Å². The van der Waals surface area contributed by atoms with Gasteiger partial charge < -0.3 is 30.1 Å². The largest absolute Gasteiger partial charge is 0.497 e. The molecule has 7 nitrogen and oxygen atoms in total. The van der Waals surface area contributed by atoms with Gasteiger partial charge in [-0.25, -0.2) is 4.79 Å². The number of rotatable bonds is 7. The molecule has 27 heavy (non-hydrogen) atoms. The summed E-state index contributed by atoms with van der Waals surface area (Å²) in [5.41, 5.74) is 1.10. The molecule has 2 fully saturated rings. The topological polar surface area (TPSA) is 83.1 Å². The normalized spacial score (nSPS) is 28.3. The third-order valence-corrected chi connectivity index (χ3v) is 5.64. The number of likely N-dealkylation sites (tertiary alicyclic amines) is 1. The number of aliphatic hydroxyl groups is 1. The van der Waals surface area contributed by atoms with Gasteiger partial charge in [0, 0.05) is 19.1 Å². The van der Waals surface area contributed by atoms with E-state index in [1.807, 2.05) is 24.3 Å². The smallest absolute Gasteiger partial charge is 0.407 e. The van der Waals surface area contributed by atoms with E-state index in [0.717, 1.165) is 24.3 Å². The molecule has 0 bridgehead atoms. The van der Waals surface area contributed by atoms with E-state index in [0.29, 0.717) is 25.6 Å². The van der Waals surface area contributed by atoms with Crippen molar-refractivity contribution in [3.05, 3.63) is 29.8 Å². The van der Waals surface area contributed by atoms with Crippen LogP contribution in [0.25, 0.3) is 0 Å². The molecule has 2 aliphatic rings. The van der Waals surface area contributed by atoms with Crippen LogP contribution in [0.1, 0.15) is 24.8 Å². The molecule has 0 aromatic heterocycles. The van der Waals surface area contributed by atoms with Crippen LogP contribution in [-0.2, 0) is 11.2 Å². The summed E-state index contributed by atoms with van der Waals surface area (Å²) < 4.78 is 10.7. The minimum Gasteiger partial charge on any atom is -0.497 e. The summed E-state index contributed by atoms with van der Waals surface area (Å²) in [6.07, 6.45) is 2.29. The molecule has 2 saturated heterocycles. The SMILES string of the molecule is COc1ccc(C[C@H]2NC[C@H](O)[C@H]2OC(=O)NCC[C@@H]2CCCN2C)cc1. The minimum atomic E-state index is -0.694. The summed E-state index contributed by atoms with van der Waals surface area (Å²) in [7, 11) is 3.76. The molecule has 7 heteroatoms. The Morgan fingerprint density at radius 1 is 1.37 bits per heavy atom. The number of nitrogens with zero attached hydrogens (tertiary/aromatic N) is 1. The van der Waals surface area contributed by atoms with Gasteiger partial charge in [0.25, 0.3) is 0 Å². The molecule has 3 N–H and O–H groups in total. The number of nitrogens with one attached hydrogen (secondary N) is 2. The number of carbonyl (C=O) groups is 1. The molecule has 2 aliphatic heterocycles. The first-order chi connectivity index (χ1) is 13.1. The van der Waals surface area contributed by atoms with Crippen molar-refractivity contribution in [3.63, 3.8) is 0 Å². The van der Waals surface area contributed by atoms with Crippen molar-refractivity contribution in [3.8, 4) is 5.75 Å². The molecule has 150 valence electrons. The molecule has 4 atom stereocenters. The summed E-state index contributed by atoms with van der Waals surface area (Å²) in [5.74, 6) is 0.804. The Hall–Kier alpha value is -1.83. The molecule has 0 spiro atoms. The van der Waals surface area contributed by atoms with Gasteiger partial charge in [-0.3, -0.25) is 0 Å². The van der Waals surface area contributed by atoms with Crippen LogP contribution in [0, 0.1) is 0 Å². The molecule has 0 saturated carbocycles. The maximum atomic E-state index is 12.2. The minimum absolute atomic E-state index is 0.111. The maximum Gasteiger partial charge on any atom is 0.407 e. The third-order valence-electron chi connectivity index (χ3n) is 5.64. The number of β-amino-alcohol motifs (C(OH)–C–C–N with tert-alkyl or cyclic N) is 1. The maximum absolute atomic E-state index is 12.2. The van der Waals surface area contributed by atoms with Crippen molar-refractivity contribution in [2.24, 2.45) is 0 Å². The zero-order valence-corrected chi connectivity index (χ0v) is 16.2. The highest BCUT2D eigenvalue weighted by molar-refractivity contribution is 5.67. The van der Waals surface area contributed by atoms with E-state index in [1.165, 1.54) is 12.8 Å². The number of amides is 1. The average molecular weight is 377 g/mol. The van der Waals surface area contributed by atoms with Crippen molar-refractivity contribution in [2.75, 3.05) is 33.8 Å². The summed E-state index contributed by atoms with van der Waals surface area (Å²) in [4.78, 5) is 14.5. The standard InChI is InChI=1S/C20H31N3O4/c1-23-11-3-4-15(23)9-10-21-20(25)27-19-17(22-13-18(19)24)12-14-5-7-16(26-2)8-6-14/h5-8,15,17-19,22,24H,3-4,9-13H2,1-2H3,(H,21,25)/t15-,17+,18-,19-/m0/s1. The van der Waals surface area contributed by atoms with E-state index < -0.39 is 18.3 Å². The molecule has 1 amide bonds. The third kappa shape index (κ3) is 5.34. The lowest BCUT2D eigenvalue weighted by Gasteiger charge is -2.23. The van der Waals surface area contributed by atoms with Crippen LogP contribution in [0.4, 0.5) is 4.79 Å². The first kappa shape index (κ1) is 19.9. The van der Waals surface area contributed by atoms with Crippen LogP contribution < -0.4 is 15.4 Å². The predicted molar refractivity (Wildman–Crippen MR) is 103 cm³/mol. The lowest BCUT2D eigenvalue weighted by atomic mass is 10.0. The van der Waals surface area contributed by atoms with Crippen molar-refractivity contribution < 1.29 is 19.4 Å². The zero-order chi connectivity index (χ0) is 19.2. The second-order valence-electron chi connectivity index (χ2n) is 7.50. The van der Waals surface area contributed by atoms with Gasteiger partial charge in [0.1, 0.15) is 18.0 Å². The second kappa shape index (κ2) is 9.39. The Balaban J connectivity index is 1.46. The first-order valence-electron chi connectivity index (χ1n) is 9.76. The Labute approximate surface area is 161 Å². The van der Waals surface area contributed by atoms with Crippen LogP contribution in [-0.4, -0.2) is 74.2 Å². The molecular weight excluding hydrogens is 346 g/mol. The van der Waals surface area contributed by atoms with Gasteiger partial charge in [-0.05, 0) is 57.0 Å². The monoisotopic (exact) mass is 377 g/mol. The van der Waals surface area contributed by atoms with Gasteiger partial charge in [0.05, 0.1) is 13.2 Å². The number of carbonyl (C=O) groups excluding carboxylic acids is 1. The average Bonchev–Trinajstić information content (AvgIpc) is 3.22. The fourth-order valence-corrected chi connectivity index (χ4v) is 3.99. The van der Waals surface area contributed by atoms with Gasteiger partial charge in [0.15, 0.2) is 0 Å². The van der Waals surface area contributed by atoms with E-state index in [-0.39, 0.29) is 6.04 Å². The van der Waals surface area contributed by atoms with Crippen LogP contribution in [0.15, 0.2) is 24.3 Å². The fourth-order valence-electron chi connectivity index (χ4n) is 3.99. The van der Waals surface area contributed by atoms with Gasteiger partial charge in [-0.2, -0.15) is 0 Å². The Morgan fingerprint density at radius 2 is 2.15 bits per heavy atom. The van der Waals surface area contributed by atoms with Crippen LogP contribution in [0.5, 0.6) is 5.75 Å². The molecule has 2 heterocycles. The van der Waals surface area contributed by atoms with Gasteiger partial charge in [-0.15, -0.1) is 0 Å². The number of alkyl carbamates (subject to hydrolysis) is 1. The number of ether oxygens (including phenoxy) is 2. The molecule has 0 aliphatic carbocycles. The highest BCUT2D eigenvalue weighted by atomic mass is 16.6. The van der Waals surface area contributed by atoms with Crippen molar-refractivity contribution in [1.82, 2.24) is 15.5 Å². The highest BCUT2D eigenvalue weighted by Crippen LogP contribution is 2.20. The van der Waals surface area contributed by atoms with Crippen molar-refractivity contribution in [2.45, 2.75) is 50.0 Å². The molecule has 0 unspecified atom stereocenters. The summed E-state index contributed by atoms with van der Waals surface area (Å²) >= 11 is 0.